The molecule has 0 saturated heterocycles. The van der Waals surface area contributed by atoms with E-state index in [1.165, 1.54) is 41.3 Å². The fourth-order valence-electron chi connectivity index (χ4n) is 3.61. The van der Waals surface area contributed by atoms with Crippen LogP contribution in [0.2, 0.25) is 0 Å². The van der Waals surface area contributed by atoms with Gasteiger partial charge >= 0.3 is 0 Å². The molecule has 36 heavy (non-hydrogen) atoms. The van der Waals surface area contributed by atoms with Crippen molar-refractivity contribution in [2.45, 2.75) is 6.92 Å². The Kier molecular flexibility index (Phi) is 7.39. The molecule has 1 heterocycles. The summed E-state index contributed by atoms with van der Waals surface area (Å²) in [4.78, 5) is 31.7. The summed E-state index contributed by atoms with van der Waals surface area (Å²) in [7, 11) is 1.58. The molecule has 7 nitrogen and oxygen atoms in total. The van der Waals surface area contributed by atoms with Gasteiger partial charge in [0.15, 0.2) is 0 Å². The molecule has 9 heteroatoms. The second kappa shape index (κ2) is 10.8. The van der Waals surface area contributed by atoms with Crippen molar-refractivity contribution in [1.29, 1.82) is 0 Å². The van der Waals surface area contributed by atoms with E-state index in [1.54, 1.807) is 49.1 Å². The van der Waals surface area contributed by atoms with Gasteiger partial charge in [0.1, 0.15) is 23.9 Å². The van der Waals surface area contributed by atoms with Crippen LogP contribution >= 0.6 is 0 Å². The lowest BCUT2D eigenvalue weighted by Crippen LogP contribution is -2.38. The summed E-state index contributed by atoms with van der Waals surface area (Å²) in [6.07, 6.45) is 1.73. The first-order valence-corrected chi connectivity index (χ1v) is 11.2. The van der Waals surface area contributed by atoms with Crippen molar-refractivity contribution in [1.82, 2.24) is 14.5 Å². The Labute approximate surface area is 207 Å². The van der Waals surface area contributed by atoms with E-state index >= 15 is 0 Å². The number of nitrogens with one attached hydrogen (secondary N) is 1. The van der Waals surface area contributed by atoms with Gasteiger partial charge in [-0.3, -0.25) is 19.5 Å². The summed E-state index contributed by atoms with van der Waals surface area (Å²) < 4.78 is 33.6. The van der Waals surface area contributed by atoms with E-state index in [1.807, 2.05) is 12.1 Å². The van der Waals surface area contributed by atoms with Gasteiger partial charge in [-0.05, 0) is 79.7 Å². The van der Waals surface area contributed by atoms with Crippen molar-refractivity contribution in [3.63, 3.8) is 0 Å². The highest BCUT2D eigenvalue weighted by molar-refractivity contribution is 5.99. The number of methoxy groups -OCH3 is 1. The number of rotatable bonds is 8. The van der Waals surface area contributed by atoms with Gasteiger partial charge in [-0.25, -0.2) is 13.8 Å². The number of ether oxygens (including phenoxy) is 1. The molecule has 3 aromatic carbocycles. The third-order valence-corrected chi connectivity index (χ3v) is 5.54. The van der Waals surface area contributed by atoms with Crippen LogP contribution in [0.5, 0.6) is 5.75 Å². The second-order valence-corrected chi connectivity index (χ2v) is 7.90. The molecule has 184 valence electrons. The van der Waals surface area contributed by atoms with E-state index in [-0.39, 0.29) is 24.6 Å². The Hall–Kier alpha value is -4.53. The van der Waals surface area contributed by atoms with Gasteiger partial charge in [0.05, 0.1) is 12.8 Å². The first-order chi connectivity index (χ1) is 17.4. The molecule has 0 atom stereocenters. The molecule has 4 rings (SSSR count). The highest BCUT2D eigenvalue weighted by atomic mass is 19.1. The summed E-state index contributed by atoms with van der Waals surface area (Å²) >= 11 is 0. The van der Waals surface area contributed by atoms with Crippen molar-refractivity contribution in [2.75, 3.05) is 25.5 Å². The molecule has 2 amide bonds. The van der Waals surface area contributed by atoms with Crippen molar-refractivity contribution in [3.05, 3.63) is 96.2 Å². The zero-order valence-electron chi connectivity index (χ0n) is 19.7. The predicted molar refractivity (Wildman–Crippen MR) is 132 cm³/mol. The average molecular weight is 491 g/mol. The first-order valence-electron chi connectivity index (χ1n) is 11.2. The second-order valence-electron chi connectivity index (χ2n) is 7.90. The van der Waals surface area contributed by atoms with Gasteiger partial charge in [0, 0.05) is 29.6 Å². The van der Waals surface area contributed by atoms with E-state index in [4.69, 9.17) is 4.74 Å². The van der Waals surface area contributed by atoms with Crippen molar-refractivity contribution in [3.8, 4) is 22.7 Å². The van der Waals surface area contributed by atoms with Gasteiger partial charge in [0.2, 0.25) is 11.9 Å². The van der Waals surface area contributed by atoms with Gasteiger partial charge in [-0.15, -0.1) is 0 Å². The quantitative estimate of drug-likeness (QED) is 0.380. The zero-order valence-corrected chi connectivity index (χ0v) is 19.7. The third-order valence-electron chi connectivity index (χ3n) is 5.54. The van der Waals surface area contributed by atoms with Crippen LogP contribution in [0.3, 0.4) is 0 Å². The maximum atomic E-state index is 13.5. The lowest BCUT2D eigenvalue weighted by atomic mass is 10.1. The maximum absolute atomic E-state index is 13.5. The van der Waals surface area contributed by atoms with Crippen molar-refractivity contribution in [2.24, 2.45) is 0 Å². The molecular formula is C27H24F2N4O3. The molecule has 0 aliphatic heterocycles. The van der Waals surface area contributed by atoms with Gasteiger partial charge in [-0.1, -0.05) is 0 Å². The van der Waals surface area contributed by atoms with Crippen LogP contribution in [0.4, 0.5) is 14.7 Å². The number of carbonyl (C=O) groups is 2. The SMILES string of the molecule is CCN(CC(=O)Nc1nc(-c2ccc(OC)cc2)cn1-c1ccc(F)cc1)C(=O)c1ccc(F)cc1. The molecular weight excluding hydrogens is 466 g/mol. The number of hydrogen-bond acceptors (Lipinski definition) is 4. The Morgan fingerprint density at radius 1 is 0.944 bits per heavy atom. The number of anilines is 1. The number of hydrogen-bond donors (Lipinski definition) is 1. The molecule has 0 spiro atoms. The van der Waals surface area contributed by atoms with Crippen LogP contribution < -0.4 is 10.1 Å². The predicted octanol–water partition coefficient (Wildman–Crippen LogP) is 4.93. The zero-order chi connectivity index (χ0) is 25.7. The van der Waals surface area contributed by atoms with Crippen LogP contribution in [0, 0.1) is 11.6 Å². The first kappa shape index (κ1) is 24.6. The van der Waals surface area contributed by atoms with Crippen LogP contribution in [-0.4, -0.2) is 46.5 Å². The minimum Gasteiger partial charge on any atom is -0.497 e. The topological polar surface area (TPSA) is 76.5 Å². The Morgan fingerprint density at radius 2 is 1.56 bits per heavy atom. The number of carbonyl (C=O) groups excluding carboxylic acids is 2. The minimum atomic E-state index is -0.470. The highest BCUT2D eigenvalue weighted by Gasteiger charge is 2.20. The molecule has 1 N–H and O–H groups in total. The normalized spacial score (nSPS) is 10.7. The standard InChI is InChI=1S/C27H24F2N4O3/c1-3-32(26(35)19-4-8-20(28)9-5-19)17-25(34)31-27-30-24(18-6-14-23(36-2)15-7-18)16-33(27)22-12-10-21(29)11-13-22/h4-16H,3,17H2,1-2H3,(H,30,31,34). The fourth-order valence-corrected chi connectivity index (χ4v) is 3.61. The van der Waals surface area contributed by atoms with Gasteiger partial charge in [0.25, 0.3) is 5.91 Å². The average Bonchev–Trinajstić information content (AvgIpc) is 3.31. The van der Waals surface area contributed by atoms with Crippen LogP contribution in [-0.2, 0) is 4.79 Å². The summed E-state index contributed by atoms with van der Waals surface area (Å²) in [6.45, 7) is 1.78. The van der Waals surface area contributed by atoms with Crippen LogP contribution in [0.15, 0.2) is 79.0 Å². The number of likely N-dealkylation sites (N-methyl/N-ethyl adjacent to an activating group) is 1. The summed E-state index contributed by atoms with van der Waals surface area (Å²) in [6, 6.07) is 18.2. The number of aromatic nitrogens is 2. The van der Waals surface area contributed by atoms with E-state index in [0.29, 0.717) is 17.1 Å². The monoisotopic (exact) mass is 490 g/mol. The molecule has 0 unspecified atom stereocenters. The molecule has 0 aliphatic rings. The number of imidazole rings is 1. The van der Waals surface area contributed by atoms with Crippen LogP contribution in [0.1, 0.15) is 17.3 Å². The van der Waals surface area contributed by atoms with Gasteiger partial charge in [-0.2, -0.15) is 0 Å². The summed E-state index contributed by atoms with van der Waals surface area (Å²) in [5.41, 5.74) is 2.23. The van der Waals surface area contributed by atoms with E-state index in [0.717, 1.165) is 5.56 Å². The summed E-state index contributed by atoms with van der Waals surface area (Å²) in [5.74, 6) is -0.806. The lowest BCUT2D eigenvalue weighted by molar-refractivity contribution is -0.116. The molecule has 1 aromatic heterocycles. The van der Waals surface area contributed by atoms with E-state index in [9.17, 15) is 18.4 Å². The third kappa shape index (κ3) is 5.57. The molecule has 0 radical (unpaired) electrons. The number of nitrogens with zero attached hydrogens (tertiary/aromatic N) is 3. The minimum absolute atomic E-state index is 0.211. The van der Waals surface area contributed by atoms with Crippen molar-refractivity contribution >= 4 is 17.8 Å². The highest BCUT2D eigenvalue weighted by Crippen LogP contribution is 2.26. The number of halogens is 2. The summed E-state index contributed by atoms with van der Waals surface area (Å²) in [5, 5.41) is 2.76. The fraction of sp³-hybridized carbons (Fsp3) is 0.148. The van der Waals surface area contributed by atoms with E-state index < -0.39 is 23.4 Å². The molecule has 0 fully saturated rings. The number of benzene rings is 3. The molecule has 0 saturated carbocycles. The Morgan fingerprint density at radius 3 is 2.14 bits per heavy atom. The molecule has 4 aromatic rings. The smallest absolute Gasteiger partial charge is 0.254 e. The Bertz CT molecular complexity index is 1350. The maximum Gasteiger partial charge on any atom is 0.254 e. The van der Waals surface area contributed by atoms with E-state index in [2.05, 4.69) is 10.3 Å². The Balaban J connectivity index is 1.59. The van der Waals surface area contributed by atoms with Crippen molar-refractivity contribution < 1.29 is 23.1 Å². The van der Waals surface area contributed by atoms with Gasteiger partial charge < -0.3 is 9.64 Å². The van der Waals surface area contributed by atoms with Crippen LogP contribution in [0.25, 0.3) is 16.9 Å². The molecule has 0 aliphatic carbocycles. The largest absolute Gasteiger partial charge is 0.497 e. The lowest BCUT2D eigenvalue weighted by Gasteiger charge is -2.20. The molecule has 0 bridgehead atoms. The number of amides is 2.